The molecular weight excluding hydrogens is 282 g/mol. The number of hydrogen-bond acceptors (Lipinski definition) is 2. The number of nitrogens with zero attached hydrogens (tertiary/aromatic N) is 1. The second-order valence-electron chi connectivity index (χ2n) is 3.98. The highest BCUT2D eigenvalue weighted by molar-refractivity contribution is 9.10. The molecule has 0 spiro atoms. The third-order valence-corrected chi connectivity index (χ3v) is 3.09. The number of carbonyl (C=O) groups is 1. The quantitative estimate of drug-likeness (QED) is 0.944. The van der Waals surface area contributed by atoms with Gasteiger partial charge in [0.25, 0.3) is 0 Å². The molecule has 0 bridgehead atoms. The van der Waals surface area contributed by atoms with Crippen molar-refractivity contribution in [3.8, 4) is 0 Å². The van der Waals surface area contributed by atoms with Gasteiger partial charge in [-0.1, -0.05) is 15.9 Å². The Morgan fingerprint density at radius 3 is 2.88 bits per heavy atom. The molecule has 1 heterocycles. The third kappa shape index (κ3) is 2.82. The Bertz CT molecular complexity index is 581. The number of aryl methyl sites for hydroxylation is 2. The summed E-state index contributed by atoms with van der Waals surface area (Å²) >= 11 is 3.42. The predicted octanol–water partition coefficient (Wildman–Crippen LogP) is 3.32. The van der Waals surface area contributed by atoms with Crippen LogP contribution in [0.4, 0.5) is 0 Å². The average Bonchev–Trinajstić information content (AvgIpc) is 2.26. The van der Waals surface area contributed by atoms with Crippen molar-refractivity contribution in [1.82, 2.24) is 4.98 Å². The summed E-state index contributed by atoms with van der Waals surface area (Å²) < 4.78 is 0.979. The number of carboxylic acid groups (broad SMARTS) is 1. The zero-order chi connectivity index (χ0) is 12.4. The van der Waals surface area contributed by atoms with E-state index < -0.39 is 5.97 Å². The maximum absolute atomic E-state index is 10.6. The van der Waals surface area contributed by atoms with E-state index in [0.717, 1.165) is 26.6 Å². The number of aromatic nitrogens is 1. The van der Waals surface area contributed by atoms with Gasteiger partial charge in [-0.05, 0) is 43.2 Å². The summed E-state index contributed by atoms with van der Waals surface area (Å²) in [5, 5.41) is 9.77. The van der Waals surface area contributed by atoms with Crippen LogP contribution in [-0.2, 0) is 11.2 Å². The van der Waals surface area contributed by atoms with Gasteiger partial charge in [-0.3, -0.25) is 9.78 Å². The zero-order valence-electron chi connectivity index (χ0n) is 9.40. The van der Waals surface area contributed by atoms with E-state index in [0.29, 0.717) is 6.42 Å². The Labute approximate surface area is 108 Å². The number of hydrogen-bond donors (Lipinski definition) is 1. The molecule has 0 unspecified atom stereocenters. The van der Waals surface area contributed by atoms with Gasteiger partial charge in [0.05, 0.1) is 5.52 Å². The molecule has 1 N–H and O–H groups in total. The zero-order valence-corrected chi connectivity index (χ0v) is 11.0. The maximum atomic E-state index is 10.6. The summed E-state index contributed by atoms with van der Waals surface area (Å²) in [6, 6.07) is 7.82. The average molecular weight is 294 g/mol. The minimum absolute atomic E-state index is 0.144. The number of aliphatic carboxylic acids is 1. The molecular formula is C13H12BrNO2. The van der Waals surface area contributed by atoms with E-state index in [2.05, 4.69) is 20.9 Å². The fourth-order valence-corrected chi connectivity index (χ4v) is 2.22. The van der Waals surface area contributed by atoms with Gasteiger partial charge < -0.3 is 5.11 Å². The molecule has 0 aliphatic rings. The fraction of sp³-hybridized carbons (Fsp3) is 0.231. The smallest absolute Gasteiger partial charge is 0.303 e. The van der Waals surface area contributed by atoms with Gasteiger partial charge in [0.1, 0.15) is 0 Å². The second-order valence-corrected chi connectivity index (χ2v) is 4.89. The van der Waals surface area contributed by atoms with E-state index in [1.54, 1.807) is 0 Å². The third-order valence-electron chi connectivity index (χ3n) is 2.59. The van der Waals surface area contributed by atoms with Crippen molar-refractivity contribution in [2.45, 2.75) is 19.8 Å². The minimum Gasteiger partial charge on any atom is -0.481 e. The molecule has 0 fully saturated rings. The Balaban J connectivity index is 2.51. The van der Waals surface area contributed by atoms with E-state index in [9.17, 15) is 4.79 Å². The number of carboxylic acids is 1. The molecule has 0 amide bonds. The lowest BCUT2D eigenvalue weighted by Gasteiger charge is -2.07. The van der Waals surface area contributed by atoms with E-state index in [-0.39, 0.29) is 6.42 Å². The fourth-order valence-electron chi connectivity index (χ4n) is 1.86. The SMILES string of the molecule is Cc1cc(CCC(=O)O)c2cc(Br)ccc2n1. The van der Waals surface area contributed by atoms with Crippen molar-refractivity contribution >= 4 is 32.8 Å². The van der Waals surface area contributed by atoms with Crippen molar-refractivity contribution in [2.24, 2.45) is 0 Å². The van der Waals surface area contributed by atoms with Crippen LogP contribution < -0.4 is 0 Å². The first-order valence-corrected chi connectivity index (χ1v) is 6.13. The van der Waals surface area contributed by atoms with Gasteiger partial charge in [0, 0.05) is 22.0 Å². The standard InChI is InChI=1S/C13H12BrNO2/c1-8-6-9(2-5-13(16)17)11-7-10(14)3-4-12(11)15-8/h3-4,6-7H,2,5H2,1H3,(H,16,17). The summed E-state index contributed by atoms with van der Waals surface area (Å²) in [5.41, 5.74) is 2.87. The monoisotopic (exact) mass is 293 g/mol. The molecule has 0 saturated carbocycles. The van der Waals surface area contributed by atoms with Crippen molar-refractivity contribution in [3.63, 3.8) is 0 Å². The Morgan fingerprint density at radius 1 is 1.41 bits per heavy atom. The molecule has 0 radical (unpaired) electrons. The highest BCUT2D eigenvalue weighted by atomic mass is 79.9. The molecule has 0 aliphatic heterocycles. The summed E-state index contributed by atoms with van der Waals surface area (Å²) in [7, 11) is 0. The van der Waals surface area contributed by atoms with Crippen LogP contribution in [0.3, 0.4) is 0 Å². The Hall–Kier alpha value is -1.42. The van der Waals surface area contributed by atoms with Crippen molar-refractivity contribution in [2.75, 3.05) is 0 Å². The predicted molar refractivity (Wildman–Crippen MR) is 70.1 cm³/mol. The molecule has 4 heteroatoms. The van der Waals surface area contributed by atoms with Gasteiger partial charge in [0.15, 0.2) is 0 Å². The molecule has 3 nitrogen and oxygen atoms in total. The van der Waals surface area contributed by atoms with Crippen molar-refractivity contribution in [1.29, 1.82) is 0 Å². The summed E-state index contributed by atoms with van der Waals surface area (Å²) in [6.45, 7) is 1.92. The van der Waals surface area contributed by atoms with Crippen LogP contribution in [0.5, 0.6) is 0 Å². The van der Waals surface area contributed by atoms with Crippen LogP contribution >= 0.6 is 15.9 Å². The number of halogens is 1. The van der Waals surface area contributed by atoms with Crippen LogP contribution in [0, 0.1) is 6.92 Å². The normalized spacial score (nSPS) is 10.7. The molecule has 2 aromatic rings. The number of benzene rings is 1. The lowest BCUT2D eigenvalue weighted by Crippen LogP contribution is -1.99. The maximum Gasteiger partial charge on any atom is 0.303 e. The molecule has 88 valence electrons. The number of rotatable bonds is 3. The van der Waals surface area contributed by atoms with Crippen molar-refractivity contribution in [3.05, 3.63) is 40.0 Å². The first-order valence-electron chi connectivity index (χ1n) is 5.34. The molecule has 17 heavy (non-hydrogen) atoms. The van der Waals surface area contributed by atoms with Gasteiger partial charge >= 0.3 is 5.97 Å². The first kappa shape index (κ1) is 12.0. The molecule has 0 atom stereocenters. The lowest BCUT2D eigenvalue weighted by atomic mass is 10.0. The van der Waals surface area contributed by atoms with Crippen molar-refractivity contribution < 1.29 is 9.90 Å². The molecule has 2 rings (SSSR count). The largest absolute Gasteiger partial charge is 0.481 e. The number of pyridine rings is 1. The number of fused-ring (bicyclic) bond motifs is 1. The molecule has 0 saturated heterocycles. The van der Waals surface area contributed by atoms with Crippen LogP contribution in [-0.4, -0.2) is 16.1 Å². The van der Waals surface area contributed by atoms with Crippen LogP contribution in [0.25, 0.3) is 10.9 Å². The highest BCUT2D eigenvalue weighted by Crippen LogP contribution is 2.23. The topological polar surface area (TPSA) is 50.2 Å². The minimum atomic E-state index is -0.775. The Kier molecular flexibility index (Phi) is 3.43. The second kappa shape index (κ2) is 4.84. The lowest BCUT2D eigenvalue weighted by molar-refractivity contribution is -0.136. The van der Waals surface area contributed by atoms with Gasteiger partial charge in [-0.2, -0.15) is 0 Å². The van der Waals surface area contributed by atoms with E-state index in [1.165, 1.54) is 0 Å². The molecule has 0 aliphatic carbocycles. The summed E-state index contributed by atoms with van der Waals surface area (Å²) in [5.74, 6) is -0.775. The first-order chi connectivity index (χ1) is 8.06. The van der Waals surface area contributed by atoms with E-state index in [1.807, 2.05) is 31.2 Å². The van der Waals surface area contributed by atoms with Gasteiger partial charge in [-0.25, -0.2) is 0 Å². The summed E-state index contributed by atoms with van der Waals surface area (Å²) in [6.07, 6.45) is 0.677. The molecule has 1 aromatic heterocycles. The summed E-state index contributed by atoms with van der Waals surface area (Å²) in [4.78, 5) is 15.1. The van der Waals surface area contributed by atoms with Gasteiger partial charge in [0.2, 0.25) is 0 Å². The van der Waals surface area contributed by atoms with Crippen LogP contribution in [0.2, 0.25) is 0 Å². The van der Waals surface area contributed by atoms with E-state index in [4.69, 9.17) is 5.11 Å². The van der Waals surface area contributed by atoms with Gasteiger partial charge in [-0.15, -0.1) is 0 Å². The Morgan fingerprint density at radius 2 is 2.18 bits per heavy atom. The van der Waals surface area contributed by atoms with Crippen LogP contribution in [0.1, 0.15) is 17.7 Å². The molecule has 1 aromatic carbocycles. The highest BCUT2D eigenvalue weighted by Gasteiger charge is 2.06. The van der Waals surface area contributed by atoms with Crippen LogP contribution in [0.15, 0.2) is 28.7 Å². The van der Waals surface area contributed by atoms with E-state index >= 15 is 0 Å².